The van der Waals surface area contributed by atoms with Crippen LogP contribution in [0.2, 0.25) is 0 Å². The van der Waals surface area contributed by atoms with Crippen molar-refractivity contribution >= 4 is 45.8 Å². The Labute approximate surface area is 200 Å². The van der Waals surface area contributed by atoms with Gasteiger partial charge in [0.25, 0.3) is 5.56 Å². The first-order valence-electron chi connectivity index (χ1n) is 11.1. The van der Waals surface area contributed by atoms with E-state index in [-0.39, 0.29) is 11.7 Å². The molecule has 9 nitrogen and oxygen atoms in total. The van der Waals surface area contributed by atoms with E-state index in [1.165, 1.54) is 18.1 Å². The fourth-order valence-electron chi connectivity index (χ4n) is 4.55. The van der Waals surface area contributed by atoms with Crippen LogP contribution >= 0.6 is 12.2 Å². The molecule has 1 aromatic carbocycles. The number of carbonyl (C=O) groups excluding carboxylic acids is 1. The molecule has 1 atom stereocenters. The summed E-state index contributed by atoms with van der Waals surface area (Å²) in [5.41, 5.74) is 1.41. The number of fused-ring (bicyclic) bond motifs is 3. The number of benzene rings is 1. The molecular weight excluding hydrogens is 461 g/mol. The maximum Gasteiger partial charge on any atom is 0.414 e. The summed E-state index contributed by atoms with van der Waals surface area (Å²) in [6.07, 6.45) is 1.89. The standard InChI is InChI=1S/C23H24FN5O4S/c1-32-20(34)7-5-16-14-27(23(31)33-16)15-4-6-19(18(24)13-15)26-9-11-28-21-17(3-2-8-25-21)22(30)29(28)12-10-26/h2-4,6,8,13,16H,5,7,9-12,14H2,1H3/t16-/m0/s1. The first-order chi connectivity index (χ1) is 16.5. The van der Waals surface area contributed by atoms with Crippen LogP contribution in [0.3, 0.4) is 0 Å². The van der Waals surface area contributed by atoms with Crippen molar-refractivity contribution in [2.75, 3.05) is 36.5 Å². The predicted molar refractivity (Wildman–Crippen MR) is 129 cm³/mol. The molecule has 1 fully saturated rings. The lowest BCUT2D eigenvalue weighted by molar-refractivity contribution is 0.137. The van der Waals surface area contributed by atoms with Crippen molar-refractivity contribution in [2.45, 2.75) is 32.0 Å². The number of halogens is 1. The largest absolute Gasteiger partial charge is 0.490 e. The molecule has 11 heteroatoms. The minimum Gasteiger partial charge on any atom is -0.490 e. The minimum atomic E-state index is -0.506. The molecule has 0 unspecified atom stereocenters. The Hall–Kier alpha value is -3.47. The van der Waals surface area contributed by atoms with Gasteiger partial charge in [0.2, 0.25) is 0 Å². The lowest BCUT2D eigenvalue weighted by Crippen LogP contribution is -2.29. The van der Waals surface area contributed by atoms with Crippen molar-refractivity contribution in [1.29, 1.82) is 0 Å². The Morgan fingerprint density at radius 1 is 1.21 bits per heavy atom. The summed E-state index contributed by atoms with van der Waals surface area (Å²) in [4.78, 5) is 32.8. The van der Waals surface area contributed by atoms with Crippen molar-refractivity contribution < 1.29 is 18.7 Å². The van der Waals surface area contributed by atoms with Gasteiger partial charge in [-0.15, -0.1) is 0 Å². The number of methoxy groups -OCH3 is 1. The maximum atomic E-state index is 15.2. The van der Waals surface area contributed by atoms with Gasteiger partial charge in [-0.2, -0.15) is 0 Å². The van der Waals surface area contributed by atoms with Crippen LogP contribution in [-0.2, 0) is 22.6 Å². The molecule has 2 aliphatic heterocycles. The molecule has 0 aliphatic carbocycles. The number of pyridine rings is 1. The number of hydrogen-bond donors (Lipinski definition) is 0. The summed E-state index contributed by atoms with van der Waals surface area (Å²) in [7, 11) is 1.51. The number of rotatable bonds is 5. The number of amides is 1. The van der Waals surface area contributed by atoms with Gasteiger partial charge in [0.1, 0.15) is 11.9 Å². The monoisotopic (exact) mass is 485 g/mol. The van der Waals surface area contributed by atoms with Gasteiger partial charge >= 0.3 is 6.09 Å². The minimum absolute atomic E-state index is 0.0888. The van der Waals surface area contributed by atoms with Crippen molar-refractivity contribution in [3.8, 4) is 0 Å². The highest BCUT2D eigenvalue weighted by Crippen LogP contribution is 2.29. The number of nitrogens with zero attached hydrogens (tertiary/aromatic N) is 5. The molecule has 5 rings (SSSR count). The van der Waals surface area contributed by atoms with E-state index >= 15 is 4.39 Å². The number of anilines is 2. The van der Waals surface area contributed by atoms with Crippen LogP contribution in [0.4, 0.5) is 20.6 Å². The normalized spacial score (nSPS) is 18.1. The lowest BCUT2D eigenvalue weighted by Gasteiger charge is -2.23. The van der Waals surface area contributed by atoms with Gasteiger partial charge in [-0.05, 0) is 49.0 Å². The molecule has 0 spiro atoms. The number of hydrogen-bond acceptors (Lipinski definition) is 7. The van der Waals surface area contributed by atoms with E-state index in [4.69, 9.17) is 21.7 Å². The Balaban J connectivity index is 1.30. The first kappa shape index (κ1) is 22.3. The average molecular weight is 486 g/mol. The summed E-state index contributed by atoms with van der Waals surface area (Å²) in [6, 6.07) is 8.27. The van der Waals surface area contributed by atoms with Gasteiger partial charge in [-0.3, -0.25) is 14.4 Å². The third kappa shape index (κ3) is 4.00. The first-order valence-corrected chi connectivity index (χ1v) is 11.5. The highest BCUT2D eigenvalue weighted by molar-refractivity contribution is 7.80. The third-order valence-electron chi connectivity index (χ3n) is 6.31. The van der Waals surface area contributed by atoms with Crippen LogP contribution in [-0.4, -0.2) is 58.3 Å². The molecule has 1 amide bonds. The Morgan fingerprint density at radius 2 is 2.00 bits per heavy atom. The van der Waals surface area contributed by atoms with Crippen LogP contribution in [0.15, 0.2) is 41.3 Å². The van der Waals surface area contributed by atoms with Crippen molar-refractivity contribution in [1.82, 2.24) is 14.3 Å². The highest BCUT2D eigenvalue weighted by Gasteiger charge is 2.33. The summed E-state index contributed by atoms with van der Waals surface area (Å²) in [5, 5.41) is 1.05. The number of carbonyl (C=O) groups is 1. The van der Waals surface area contributed by atoms with Gasteiger partial charge in [0, 0.05) is 25.7 Å². The molecule has 0 N–H and O–H groups in total. The van der Waals surface area contributed by atoms with Crippen LogP contribution in [0, 0.1) is 5.82 Å². The predicted octanol–water partition coefficient (Wildman–Crippen LogP) is 2.94. The number of ether oxygens (including phenoxy) is 2. The summed E-state index contributed by atoms with van der Waals surface area (Å²) >= 11 is 5.04. The number of aromatic nitrogens is 3. The second-order valence-electron chi connectivity index (χ2n) is 8.28. The topological polar surface area (TPSA) is 81.8 Å². The summed E-state index contributed by atoms with van der Waals surface area (Å²) in [5.74, 6) is -0.434. The summed E-state index contributed by atoms with van der Waals surface area (Å²) in [6.45, 7) is 2.23. The van der Waals surface area contributed by atoms with E-state index < -0.39 is 11.9 Å². The van der Waals surface area contributed by atoms with E-state index in [1.54, 1.807) is 35.1 Å². The second kappa shape index (κ2) is 9.05. The van der Waals surface area contributed by atoms with E-state index in [2.05, 4.69) is 4.98 Å². The van der Waals surface area contributed by atoms with Crippen LogP contribution in [0.5, 0.6) is 0 Å². The zero-order valence-corrected chi connectivity index (χ0v) is 19.5. The Bertz CT molecular complexity index is 1320. The molecule has 3 aromatic rings. The molecule has 4 heterocycles. The van der Waals surface area contributed by atoms with Gasteiger partial charge < -0.3 is 14.4 Å². The molecular formula is C23H24FN5O4S. The fraction of sp³-hybridized carbons (Fsp3) is 0.391. The van der Waals surface area contributed by atoms with E-state index in [0.717, 1.165) is 0 Å². The van der Waals surface area contributed by atoms with Gasteiger partial charge in [0.15, 0.2) is 10.7 Å². The van der Waals surface area contributed by atoms with Gasteiger partial charge in [-0.25, -0.2) is 18.9 Å². The molecule has 0 saturated carbocycles. The third-order valence-corrected chi connectivity index (χ3v) is 6.68. The molecule has 0 radical (unpaired) electrons. The fourth-order valence-corrected chi connectivity index (χ4v) is 4.67. The van der Waals surface area contributed by atoms with Gasteiger partial charge in [0.05, 0.1) is 43.5 Å². The van der Waals surface area contributed by atoms with E-state index in [9.17, 15) is 9.59 Å². The second-order valence-corrected chi connectivity index (χ2v) is 8.74. The maximum absolute atomic E-state index is 15.2. The quantitative estimate of drug-likeness (QED) is 0.514. The molecule has 178 valence electrons. The van der Waals surface area contributed by atoms with Crippen molar-refractivity contribution in [3.05, 3.63) is 52.7 Å². The van der Waals surface area contributed by atoms with E-state index in [0.29, 0.717) is 73.0 Å². The molecule has 0 bridgehead atoms. The number of thiocarbonyl (C=S) groups is 1. The van der Waals surface area contributed by atoms with Crippen molar-refractivity contribution in [3.63, 3.8) is 0 Å². The molecule has 2 aromatic heterocycles. The zero-order valence-electron chi connectivity index (χ0n) is 18.6. The van der Waals surface area contributed by atoms with E-state index in [1.807, 2.05) is 9.58 Å². The summed E-state index contributed by atoms with van der Waals surface area (Å²) < 4.78 is 29.1. The average Bonchev–Trinajstić information content (AvgIpc) is 3.24. The van der Waals surface area contributed by atoms with Crippen molar-refractivity contribution in [2.24, 2.45) is 0 Å². The van der Waals surface area contributed by atoms with Crippen LogP contribution in [0.25, 0.3) is 11.0 Å². The van der Waals surface area contributed by atoms with Crippen LogP contribution < -0.4 is 15.4 Å². The Kier molecular flexibility index (Phi) is 5.94. The van der Waals surface area contributed by atoms with Gasteiger partial charge in [-0.1, -0.05) is 0 Å². The zero-order chi connectivity index (χ0) is 23.8. The number of cyclic esters (lactones) is 1. The molecule has 2 aliphatic rings. The van der Waals surface area contributed by atoms with Crippen LogP contribution in [0.1, 0.15) is 12.8 Å². The highest BCUT2D eigenvalue weighted by atomic mass is 32.1. The molecule has 34 heavy (non-hydrogen) atoms. The lowest BCUT2D eigenvalue weighted by atomic mass is 10.2. The smallest absolute Gasteiger partial charge is 0.414 e. The molecule has 1 saturated heterocycles. The Morgan fingerprint density at radius 3 is 2.76 bits per heavy atom. The SMILES string of the molecule is COC(=S)CC[C@H]1CN(c2ccc(N3CCn4c(=O)c5cccnc5n4CC3)c(F)c2)C(=O)O1.